The van der Waals surface area contributed by atoms with E-state index in [0.29, 0.717) is 23.8 Å². The molecule has 5 nitrogen and oxygen atoms in total. The zero-order valence-corrected chi connectivity index (χ0v) is 9.36. The summed E-state index contributed by atoms with van der Waals surface area (Å²) in [5, 5.41) is 0. The van der Waals surface area contributed by atoms with E-state index in [1.165, 1.54) is 7.11 Å². The highest BCUT2D eigenvalue weighted by atomic mass is 16.6. The fraction of sp³-hybridized carbons (Fsp3) is 0.364. The molecule has 0 amide bonds. The number of anilines is 1. The quantitative estimate of drug-likeness (QED) is 0.602. The summed E-state index contributed by atoms with van der Waals surface area (Å²) in [6, 6.07) is 4.95. The number of carbonyl (C=O) groups is 1. The molecule has 0 fully saturated rings. The zero-order valence-electron chi connectivity index (χ0n) is 9.36. The van der Waals surface area contributed by atoms with Gasteiger partial charge in [-0.2, -0.15) is 0 Å². The molecule has 5 heteroatoms. The predicted molar refractivity (Wildman–Crippen MR) is 59.5 cm³/mol. The molecule has 1 rings (SSSR count). The van der Waals surface area contributed by atoms with E-state index in [1.54, 1.807) is 25.1 Å². The summed E-state index contributed by atoms with van der Waals surface area (Å²) >= 11 is 0. The zero-order chi connectivity index (χ0) is 12.0. The van der Waals surface area contributed by atoms with Crippen molar-refractivity contribution in [1.29, 1.82) is 0 Å². The molecule has 0 aliphatic heterocycles. The molecule has 1 aromatic carbocycles. The van der Waals surface area contributed by atoms with Crippen molar-refractivity contribution in [2.24, 2.45) is 0 Å². The van der Waals surface area contributed by atoms with Gasteiger partial charge in [-0.15, -0.1) is 0 Å². The lowest BCUT2D eigenvalue weighted by atomic mass is 10.3. The van der Waals surface area contributed by atoms with Gasteiger partial charge in [0.05, 0.1) is 19.4 Å². The van der Waals surface area contributed by atoms with Gasteiger partial charge >= 0.3 is 5.97 Å². The number of carbonyl (C=O) groups excluding carboxylic acids is 1. The molecule has 0 saturated carbocycles. The van der Waals surface area contributed by atoms with Crippen LogP contribution >= 0.6 is 0 Å². The van der Waals surface area contributed by atoms with Crippen LogP contribution in [0.25, 0.3) is 0 Å². The Bertz CT molecular complexity index is 365. The van der Waals surface area contributed by atoms with Crippen LogP contribution in [0.5, 0.6) is 11.5 Å². The summed E-state index contributed by atoms with van der Waals surface area (Å²) in [7, 11) is 1.53. The molecule has 0 radical (unpaired) electrons. The van der Waals surface area contributed by atoms with Crippen molar-refractivity contribution in [3.05, 3.63) is 18.2 Å². The van der Waals surface area contributed by atoms with E-state index in [4.69, 9.17) is 19.9 Å². The number of esters is 1. The molecule has 0 spiro atoms. The summed E-state index contributed by atoms with van der Waals surface area (Å²) in [5.41, 5.74) is 6.14. The highest BCUT2D eigenvalue weighted by Gasteiger charge is 2.05. The Morgan fingerprint density at radius 3 is 2.75 bits per heavy atom. The lowest BCUT2D eigenvalue weighted by Gasteiger charge is -2.08. The monoisotopic (exact) mass is 225 g/mol. The van der Waals surface area contributed by atoms with Crippen molar-refractivity contribution < 1.29 is 19.0 Å². The Morgan fingerprint density at radius 1 is 1.44 bits per heavy atom. The maximum Gasteiger partial charge on any atom is 0.344 e. The van der Waals surface area contributed by atoms with E-state index in [2.05, 4.69) is 0 Å². The molecule has 0 atom stereocenters. The van der Waals surface area contributed by atoms with Crippen LogP contribution < -0.4 is 15.2 Å². The minimum atomic E-state index is -0.406. The van der Waals surface area contributed by atoms with E-state index in [0.717, 1.165) is 0 Å². The third-order valence-electron chi connectivity index (χ3n) is 1.86. The Kier molecular flexibility index (Phi) is 4.44. The van der Waals surface area contributed by atoms with Crippen LogP contribution in [0, 0.1) is 0 Å². The largest absolute Gasteiger partial charge is 0.495 e. The van der Waals surface area contributed by atoms with Gasteiger partial charge in [0, 0.05) is 6.07 Å². The van der Waals surface area contributed by atoms with Crippen molar-refractivity contribution >= 4 is 11.7 Å². The number of nitrogens with two attached hydrogens (primary N) is 1. The first-order chi connectivity index (χ1) is 7.67. The minimum absolute atomic E-state index is 0.125. The van der Waals surface area contributed by atoms with Gasteiger partial charge in [-0.05, 0) is 19.1 Å². The molecule has 0 aliphatic carbocycles. The van der Waals surface area contributed by atoms with Gasteiger partial charge in [0.1, 0.15) is 11.5 Å². The van der Waals surface area contributed by atoms with Crippen LogP contribution in [0.4, 0.5) is 5.69 Å². The standard InChI is InChI=1S/C11H15NO4/c1-3-15-11(13)7-16-8-4-5-10(14-2)9(12)6-8/h4-6H,3,7,12H2,1-2H3. The van der Waals surface area contributed by atoms with Crippen LogP contribution in [0.15, 0.2) is 18.2 Å². The number of ether oxygens (including phenoxy) is 3. The number of nitrogen functional groups attached to an aromatic ring is 1. The van der Waals surface area contributed by atoms with Gasteiger partial charge in [-0.25, -0.2) is 4.79 Å². The molecule has 2 N–H and O–H groups in total. The van der Waals surface area contributed by atoms with E-state index >= 15 is 0 Å². The molecular formula is C11H15NO4. The predicted octanol–water partition coefficient (Wildman–Crippen LogP) is 1.22. The highest BCUT2D eigenvalue weighted by molar-refractivity contribution is 5.71. The SMILES string of the molecule is CCOC(=O)COc1ccc(OC)c(N)c1. The first-order valence-corrected chi connectivity index (χ1v) is 4.89. The van der Waals surface area contributed by atoms with Crippen molar-refractivity contribution in [3.8, 4) is 11.5 Å². The number of hydrogen-bond donors (Lipinski definition) is 1. The fourth-order valence-electron chi connectivity index (χ4n) is 1.15. The average molecular weight is 225 g/mol. The molecule has 0 bridgehead atoms. The Balaban J connectivity index is 2.55. The first kappa shape index (κ1) is 12.2. The summed E-state index contributed by atoms with van der Waals surface area (Å²) in [6.07, 6.45) is 0. The molecule has 88 valence electrons. The highest BCUT2D eigenvalue weighted by Crippen LogP contribution is 2.25. The van der Waals surface area contributed by atoms with Gasteiger partial charge in [0.25, 0.3) is 0 Å². The normalized spacial score (nSPS) is 9.62. The molecule has 16 heavy (non-hydrogen) atoms. The number of benzene rings is 1. The first-order valence-electron chi connectivity index (χ1n) is 4.89. The number of hydrogen-bond acceptors (Lipinski definition) is 5. The summed E-state index contributed by atoms with van der Waals surface area (Å²) in [4.78, 5) is 11.0. The van der Waals surface area contributed by atoms with Crippen molar-refractivity contribution in [2.75, 3.05) is 26.1 Å². The summed E-state index contributed by atoms with van der Waals surface area (Å²) in [5.74, 6) is 0.673. The van der Waals surface area contributed by atoms with Crippen molar-refractivity contribution in [3.63, 3.8) is 0 Å². The second kappa shape index (κ2) is 5.85. The maximum atomic E-state index is 11.0. The Hall–Kier alpha value is -1.91. The lowest BCUT2D eigenvalue weighted by Crippen LogP contribution is -2.14. The van der Waals surface area contributed by atoms with Gasteiger partial charge in [-0.1, -0.05) is 0 Å². The number of methoxy groups -OCH3 is 1. The van der Waals surface area contributed by atoms with Crippen LogP contribution in [0.1, 0.15) is 6.92 Å². The van der Waals surface area contributed by atoms with E-state index < -0.39 is 5.97 Å². The Morgan fingerprint density at radius 2 is 2.19 bits per heavy atom. The number of rotatable bonds is 5. The molecule has 0 aliphatic rings. The second-order valence-electron chi connectivity index (χ2n) is 3.00. The van der Waals surface area contributed by atoms with Crippen molar-refractivity contribution in [1.82, 2.24) is 0 Å². The molecule has 0 unspecified atom stereocenters. The molecule has 0 heterocycles. The summed E-state index contributed by atoms with van der Waals surface area (Å²) < 4.78 is 14.9. The average Bonchev–Trinajstić information content (AvgIpc) is 2.27. The molecular weight excluding hydrogens is 210 g/mol. The lowest BCUT2D eigenvalue weighted by molar-refractivity contribution is -0.145. The molecule has 1 aromatic rings. The third-order valence-corrected chi connectivity index (χ3v) is 1.86. The van der Waals surface area contributed by atoms with E-state index in [-0.39, 0.29) is 6.61 Å². The van der Waals surface area contributed by atoms with E-state index in [9.17, 15) is 4.79 Å². The van der Waals surface area contributed by atoms with Crippen molar-refractivity contribution in [2.45, 2.75) is 6.92 Å². The maximum absolute atomic E-state index is 11.0. The van der Waals surface area contributed by atoms with Gasteiger partial charge in [0.15, 0.2) is 6.61 Å². The minimum Gasteiger partial charge on any atom is -0.495 e. The fourth-order valence-corrected chi connectivity index (χ4v) is 1.15. The molecule has 0 aromatic heterocycles. The van der Waals surface area contributed by atoms with Gasteiger partial charge in [0.2, 0.25) is 0 Å². The van der Waals surface area contributed by atoms with Crippen LogP contribution in [-0.4, -0.2) is 26.3 Å². The van der Waals surface area contributed by atoms with Crippen LogP contribution in [0.2, 0.25) is 0 Å². The topological polar surface area (TPSA) is 70.8 Å². The van der Waals surface area contributed by atoms with Gasteiger partial charge in [-0.3, -0.25) is 0 Å². The second-order valence-corrected chi connectivity index (χ2v) is 3.00. The van der Waals surface area contributed by atoms with Gasteiger partial charge < -0.3 is 19.9 Å². The molecule has 0 saturated heterocycles. The summed E-state index contributed by atoms with van der Waals surface area (Å²) in [6.45, 7) is 1.95. The third kappa shape index (κ3) is 3.34. The van der Waals surface area contributed by atoms with Crippen LogP contribution in [-0.2, 0) is 9.53 Å². The van der Waals surface area contributed by atoms with E-state index in [1.807, 2.05) is 0 Å². The van der Waals surface area contributed by atoms with Crippen LogP contribution in [0.3, 0.4) is 0 Å². The smallest absolute Gasteiger partial charge is 0.344 e. The Labute approximate surface area is 94.1 Å².